The summed E-state index contributed by atoms with van der Waals surface area (Å²) in [7, 11) is 0. The first kappa shape index (κ1) is 13.0. The lowest BCUT2D eigenvalue weighted by molar-refractivity contribution is -0.121. The third-order valence-electron chi connectivity index (χ3n) is 2.60. The van der Waals surface area contributed by atoms with E-state index in [4.69, 9.17) is 16.0 Å². The highest BCUT2D eigenvalue weighted by Crippen LogP contribution is 2.18. The van der Waals surface area contributed by atoms with E-state index in [0.717, 1.165) is 12.8 Å². The van der Waals surface area contributed by atoms with Gasteiger partial charge in [-0.05, 0) is 25.0 Å². The number of hydrogen-bond acceptors (Lipinski definition) is 3. The molecule has 1 fully saturated rings. The Bertz CT molecular complexity index is 440. The predicted molar refractivity (Wildman–Crippen MR) is 66.4 cm³/mol. The van der Waals surface area contributed by atoms with Gasteiger partial charge in [0.15, 0.2) is 5.76 Å². The summed E-state index contributed by atoms with van der Waals surface area (Å²) < 4.78 is 5.18. The first-order valence-electron chi connectivity index (χ1n) is 5.91. The van der Waals surface area contributed by atoms with Crippen LogP contribution in [-0.2, 0) is 10.7 Å². The summed E-state index contributed by atoms with van der Waals surface area (Å²) >= 11 is 5.57. The van der Waals surface area contributed by atoms with Crippen molar-refractivity contribution >= 4 is 23.4 Å². The van der Waals surface area contributed by atoms with Gasteiger partial charge in [-0.25, -0.2) is 0 Å². The summed E-state index contributed by atoms with van der Waals surface area (Å²) in [4.78, 5) is 23.0. The van der Waals surface area contributed by atoms with Crippen molar-refractivity contribution in [1.82, 2.24) is 10.6 Å². The van der Waals surface area contributed by atoms with Crippen LogP contribution in [0.15, 0.2) is 16.5 Å². The minimum Gasteiger partial charge on any atom is -0.455 e. The van der Waals surface area contributed by atoms with Gasteiger partial charge in [-0.1, -0.05) is 0 Å². The van der Waals surface area contributed by atoms with Gasteiger partial charge in [-0.15, -0.1) is 11.6 Å². The second kappa shape index (κ2) is 5.91. The summed E-state index contributed by atoms with van der Waals surface area (Å²) in [6, 6.07) is 3.57. The van der Waals surface area contributed by atoms with E-state index >= 15 is 0 Å². The molecule has 0 aromatic carbocycles. The fourth-order valence-corrected chi connectivity index (χ4v) is 1.62. The molecule has 1 aromatic rings. The van der Waals surface area contributed by atoms with E-state index in [1.54, 1.807) is 12.1 Å². The maximum Gasteiger partial charge on any atom is 0.287 e. The monoisotopic (exact) mass is 270 g/mol. The van der Waals surface area contributed by atoms with E-state index in [1.807, 2.05) is 0 Å². The maximum atomic E-state index is 11.6. The fourth-order valence-electron chi connectivity index (χ4n) is 1.48. The van der Waals surface area contributed by atoms with Crippen LogP contribution >= 0.6 is 11.6 Å². The molecule has 0 saturated heterocycles. The van der Waals surface area contributed by atoms with Gasteiger partial charge in [0.05, 0.1) is 5.88 Å². The number of halogens is 1. The van der Waals surface area contributed by atoms with Gasteiger partial charge >= 0.3 is 0 Å². The standard InChI is InChI=1S/C12H15ClN2O3/c13-7-9-3-4-10(18-9)12(17)14-6-5-11(16)15-8-1-2-8/h3-4,8H,1-2,5-7H2,(H,14,17)(H,15,16). The topological polar surface area (TPSA) is 71.3 Å². The van der Waals surface area contributed by atoms with Gasteiger partial charge in [-0.2, -0.15) is 0 Å². The van der Waals surface area contributed by atoms with Gasteiger partial charge in [0.1, 0.15) is 5.76 Å². The van der Waals surface area contributed by atoms with E-state index in [0.29, 0.717) is 18.3 Å². The fraction of sp³-hybridized carbons (Fsp3) is 0.500. The van der Waals surface area contributed by atoms with Crippen LogP contribution in [0.5, 0.6) is 0 Å². The van der Waals surface area contributed by atoms with Crippen LogP contribution in [0.1, 0.15) is 35.6 Å². The Morgan fingerprint density at radius 3 is 2.78 bits per heavy atom. The van der Waals surface area contributed by atoms with Crippen LogP contribution in [0.25, 0.3) is 0 Å². The van der Waals surface area contributed by atoms with E-state index < -0.39 is 0 Å². The van der Waals surface area contributed by atoms with Crippen molar-refractivity contribution in [1.29, 1.82) is 0 Å². The molecule has 18 heavy (non-hydrogen) atoms. The average Bonchev–Trinajstić information content (AvgIpc) is 3.03. The lowest BCUT2D eigenvalue weighted by atomic mass is 10.3. The van der Waals surface area contributed by atoms with Gasteiger partial charge < -0.3 is 15.1 Å². The molecule has 2 amide bonds. The number of carbonyl (C=O) groups is 2. The molecule has 5 nitrogen and oxygen atoms in total. The second-order valence-electron chi connectivity index (χ2n) is 4.25. The molecule has 0 aliphatic heterocycles. The Morgan fingerprint density at radius 2 is 2.17 bits per heavy atom. The Morgan fingerprint density at radius 1 is 1.39 bits per heavy atom. The average molecular weight is 271 g/mol. The number of amides is 2. The molecule has 1 saturated carbocycles. The molecule has 1 aliphatic carbocycles. The molecule has 0 radical (unpaired) electrons. The Labute approximate surface area is 110 Å². The lowest BCUT2D eigenvalue weighted by Gasteiger charge is -2.04. The molecule has 1 aromatic heterocycles. The van der Waals surface area contributed by atoms with Crippen LogP contribution in [0, 0.1) is 0 Å². The number of alkyl halides is 1. The molecule has 0 unspecified atom stereocenters. The molecule has 2 N–H and O–H groups in total. The van der Waals surface area contributed by atoms with Gasteiger partial charge in [0.2, 0.25) is 5.91 Å². The van der Waals surface area contributed by atoms with Gasteiger partial charge in [-0.3, -0.25) is 9.59 Å². The summed E-state index contributed by atoms with van der Waals surface area (Å²) in [6.07, 6.45) is 2.41. The summed E-state index contributed by atoms with van der Waals surface area (Å²) in [5, 5.41) is 5.47. The van der Waals surface area contributed by atoms with Crippen LogP contribution in [0.4, 0.5) is 0 Å². The Kier molecular flexibility index (Phi) is 4.25. The van der Waals surface area contributed by atoms with Crippen molar-refractivity contribution in [3.05, 3.63) is 23.7 Å². The van der Waals surface area contributed by atoms with Crippen molar-refractivity contribution in [3.8, 4) is 0 Å². The molecular formula is C12H15ClN2O3. The molecular weight excluding hydrogens is 256 g/mol. The summed E-state index contributed by atoms with van der Waals surface area (Å²) in [5.74, 6) is 0.641. The maximum absolute atomic E-state index is 11.6. The van der Waals surface area contributed by atoms with Crippen LogP contribution < -0.4 is 10.6 Å². The lowest BCUT2D eigenvalue weighted by Crippen LogP contribution is -2.31. The number of hydrogen-bond donors (Lipinski definition) is 2. The number of nitrogens with one attached hydrogen (secondary N) is 2. The van der Waals surface area contributed by atoms with E-state index in [9.17, 15) is 9.59 Å². The first-order chi connectivity index (χ1) is 8.69. The van der Waals surface area contributed by atoms with Crippen LogP contribution in [-0.4, -0.2) is 24.4 Å². The van der Waals surface area contributed by atoms with Crippen molar-refractivity contribution in [3.63, 3.8) is 0 Å². The summed E-state index contributed by atoms with van der Waals surface area (Å²) in [6.45, 7) is 0.300. The van der Waals surface area contributed by atoms with Crippen molar-refractivity contribution in [2.24, 2.45) is 0 Å². The van der Waals surface area contributed by atoms with Gasteiger partial charge in [0.25, 0.3) is 5.91 Å². The highest BCUT2D eigenvalue weighted by Gasteiger charge is 2.22. The largest absolute Gasteiger partial charge is 0.455 e. The zero-order valence-electron chi connectivity index (χ0n) is 9.87. The molecule has 1 heterocycles. The third kappa shape index (κ3) is 3.77. The number of carbonyl (C=O) groups excluding carboxylic acids is 2. The molecule has 0 bridgehead atoms. The Hall–Kier alpha value is -1.49. The molecule has 2 rings (SSSR count). The minimum atomic E-state index is -0.328. The molecule has 0 atom stereocenters. The number of furan rings is 1. The Balaban J connectivity index is 1.68. The molecule has 6 heteroatoms. The predicted octanol–water partition coefficient (Wildman–Crippen LogP) is 1.42. The van der Waals surface area contributed by atoms with Gasteiger partial charge in [0, 0.05) is 19.0 Å². The van der Waals surface area contributed by atoms with Crippen molar-refractivity contribution in [2.45, 2.75) is 31.2 Å². The van der Waals surface area contributed by atoms with Crippen LogP contribution in [0.2, 0.25) is 0 Å². The quantitative estimate of drug-likeness (QED) is 0.768. The zero-order valence-corrected chi connectivity index (χ0v) is 10.6. The third-order valence-corrected chi connectivity index (χ3v) is 2.86. The second-order valence-corrected chi connectivity index (χ2v) is 4.51. The SMILES string of the molecule is O=C(CCNC(=O)c1ccc(CCl)o1)NC1CC1. The van der Waals surface area contributed by atoms with Crippen molar-refractivity contribution in [2.75, 3.05) is 6.54 Å². The van der Waals surface area contributed by atoms with E-state index in [-0.39, 0.29) is 29.9 Å². The smallest absolute Gasteiger partial charge is 0.287 e. The molecule has 0 spiro atoms. The normalized spacial score (nSPS) is 14.3. The van der Waals surface area contributed by atoms with E-state index in [2.05, 4.69) is 10.6 Å². The highest BCUT2D eigenvalue weighted by atomic mass is 35.5. The zero-order chi connectivity index (χ0) is 13.0. The highest BCUT2D eigenvalue weighted by molar-refractivity contribution is 6.16. The number of rotatable bonds is 6. The van der Waals surface area contributed by atoms with Crippen molar-refractivity contribution < 1.29 is 14.0 Å². The van der Waals surface area contributed by atoms with Crippen LogP contribution in [0.3, 0.4) is 0 Å². The minimum absolute atomic E-state index is 0.0290. The molecule has 98 valence electrons. The first-order valence-corrected chi connectivity index (χ1v) is 6.44. The van der Waals surface area contributed by atoms with E-state index in [1.165, 1.54) is 0 Å². The molecule has 1 aliphatic rings. The summed E-state index contributed by atoms with van der Waals surface area (Å²) in [5.41, 5.74) is 0.